The molecule has 0 aromatic rings. The van der Waals surface area contributed by atoms with E-state index in [1.54, 1.807) is 0 Å². The molecular formula is C55H93N3O40. The molecular weight excluding hydrogens is 1340 g/mol. The smallest absolute Gasteiger partial charge is 0.217 e. The summed E-state index contributed by atoms with van der Waals surface area (Å²) in [4.78, 5) is 38.1. The van der Waals surface area contributed by atoms with Crippen LogP contribution in [0, 0.1) is 0 Å². The monoisotopic (exact) mass is 1440 g/mol. The molecule has 40 atom stereocenters. The highest BCUT2D eigenvalue weighted by molar-refractivity contribution is 5.74. The number of methoxy groups -OCH3 is 1. The Kier molecular flexibility index (Phi) is 28.9. The fraction of sp³-hybridized carbons (Fsp3) is 0.945. The van der Waals surface area contributed by atoms with Gasteiger partial charge in [-0.3, -0.25) is 14.4 Å². The highest BCUT2D eigenvalue weighted by atomic mass is 16.8. The summed E-state index contributed by atoms with van der Waals surface area (Å²) >= 11 is 0. The Labute approximate surface area is 556 Å². The molecule has 0 aromatic heterocycles. The van der Waals surface area contributed by atoms with Gasteiger partial charge in [-0.05, 0) is 6.92 Å². The summed E-state index contributed by atoms with van der Waals surface area (Å²) in [6, 6.07) is -5.34. The van der Waals surface area contributed by atoms with Gasteiger partial charge >= 0.3 is 0 Å². The number of ether oxygens (including phenoxy) is 16. The molecule has 0 aliphatic carbocycles. The zero-order chi connectivity index (χ0) is 72.2. The Morgan fingerprint density at radius 3 is 1.11 bits per heavy atom. The minimum atomic E-state index is -2.37. The highest BCUT2D eigenvalue weighted by Gasteiger charge is 2.59. The summed E-state index contributed by atoms with van der Waals surface area (Å²) in [6.45, 7) is -2.49. The maximum absolute atomic E-state index is 13.0. The van der Waals surface area contributed by atoms with Gasteiger partial charge in [-0.15, -0.1) is 0 Å². The zero-order valence-electron chi connectivity index (χ0n) is 53.2. The lowest BCUT2D eigenvalue weighted by molar-refractivity contribution is -0.389. The standard InChI is InChI=1S/C55H93N3O40/c1-13-27(67)35(75)38(78)51(86-13)84-12-23-44(32(72)24(48(82)87-23)56-14(2)64)94-49-25(57-15(3)65)33(73)43(21(10-63)91-49)96-54-41(81)45(97-53-40(80)37(77)29(69)18(7-60)89-53)31(71)22(93-54)11-85-55-47(46(83-5)30(70)19(8-61)90-55)98-50-26(58-16(4)66)34(74)42(20(9-62)92-50)95-52-39(79)36(76)28(68)17(6-59)88-52/h13,17-55,59-63,67-82H,6-12H2,1-5H3,(H,56,64)(H,57,65)(H,58,66)/t13-,17+,18+,19+,20+,21+,22+,23+,24+,25+,26+,27+,28-,29+,30+,31+,32+,33+,34+,35+,36-,37-,38-,39+,40-,41-,42+,43+,44+,45-,46-,47-,48+,49-,50-,51+,52-,53+,54-,55-/m0/s1. The second kappa shape index (κ2) is 35.1. The van der Waals surface area contributed by atoms with E-state index < -0.39 is 309 Å². The average molecular weight is 1440 g/mol. The van der Waals surface area contributed by atoms with Gasteiger partial charge in [0.15, 0.2) is 50.3 Å². The minimum absolute atomic E-state index is 0.783. The molecule has 43 heteroatoms. The number of amides is 3. The van der Waals surface area contributed by atoms with Gasteiger partial charge in [0.2, 0.25) is 17.7 Å². The second-order valence-electron chi connectivity index (χ2n) is 24.9. The summed E-state index contributed by atoms with van der Waals surface area (Å²) in [6.07, 6.45) is -70.6. The van der Waals surface area contributed by atoms with Crippen LogP contribution >= 0.6 is 0 Å². The Morgan fingerprint density at radius 2 is 0.643 bits per heavy atom. The lowest BCUT2D eigenvalue weighted by Crippen LogP contribution is -2.70. The summed E-state index contributed by atoms with van der Waals surface area (Å²) in [5.74, 6) is -2.55. The van der Waals surface area contributed by atoms with Crippen LogP contribution in [0.5, 0.6) is 0 Å². The van der Waals surface area contributed by atoms with Crippen LogP contribution in [-0.2, 0) is 90.2 Å². The van der Waals surface area contributed by atoms with Crippen molar-refractivity contribution in [2.24, 2.45) is 0 Å². The first kappa shape index (κ1) is 80.6. The van der Waals surface area contributed by atoms with Crippen LogP contribution < -0.4 is 16.0 Å². The Hall–Kier alpha value is -3.07. The van der Waals surface area contributed by atoms with Crippen molar-refractivity contribution in [2.75, 3.05) is 53.4 Å². The molecule has 0 saturated carbocycles. The molecule has 24 N–H and O–H groups in total. The van der Waals surface area contributed by atoms with Crippen molar-refractivity contribution in [1.82, 2.24) is 16.0 Å². The lowest BCUT2D eigenvalue weighted by atomic mass is 9.93. The normalized spacial score (nSPS) is 49.5. The van der Waals surface area contributed by atoms with E-state index in [2.05, 4.69) is 16.0 Å². The number of carbonyl (C=O) groups excluding carboxylic acids is 3. The number of nitrogens with one attached hydrogen (secondary N) is 3. The van der Waals surface area contributed by atoms with E-state index in [4.69, 9.17) is 75.8 Å². The molecule has 0 aromatic carbocycles. The van der Waals surface area contributed by atoms with Gasteiger partial charge < -0.3 is 199 Å². The van der Waals surface area contributed by atoms with Crippen molar-refractivity contribution in [3.05, 3.63) is 0 Å². The van der Waals surface area contributed by atoms with E-state index in [1.165, 1.54) is 6.92 Å². The predicted octanol–water partition coefficient (Wildman–Crippen LogP) is -16.3. The Morgan fingerprint density at radius 1 is 0.306 bits per heavy atom. The first-order valence-electron chi connectivity index (χ1n) is 31.4. The topological polar surface area (TPSA) is 660 Å². The van der Waals surface area contributed by atoms with Gasteiger partial charge in [0.05, 0.1) is 52.4 Å². The quantitative estimate of drug-likeness (QED) is 0.0404. The van der Waals surface area contributed by atoms with Gasteiger partial charge in [0.25, 0.3) is 0 Å². The maximum atomic E-state index is 13.0. The highest BCUT2D eigenvalue weighted by Crippen LogP contribution is 2.38. The number of aliphatic hydroxyl groups is 21. The molecule has 8 fully saturated rings. The van der Waals surface area contributed by atoms with Crippen LogP contribution in [0.1, 0.15) is 27.7 Å². The Balaban J connectivity index is 1.08. The molecule has 568 valence electrons. The summed E-state index contributed by atoms with van der Waals surface area (Å²) in [7, 11) is 1.06. The van der Waals surface area contributed by atoms with Crippen LogP contribution in [0.2, 0.25) is 0 Å². The van der Waals surface area contributed by atoms with Crippen molar-refractivity contribution >= 4 is 17.7 Å². The van der Waals surface area contributed by atoms with Gasteiger partial charge in [-0.2, -0.15) is 0 Å². The summed E-state index contributed by atoms with van der Waals surface area (Å²) in [5, 5.41) is 237. The van der Waals surface area contributed by atoms with E-state index in [0.717, 1.165) is 27.9 Å². The fourth-order valence-electron chi connectivity index (χ4n) is 12.7. The van der Waals surface area contributed by atoms with E-state index >= 15 is 0 Å². The fourth-order valence-corrected chi connectivity index (χ4v) is 12.7. The predicted molar refractivity (Wildman–Crippen MR) is 303 cm³/mol. The molecule has 43 nitrogen and oxygen atoms in total. The van der Waals surface area contributed by atoms with Crippen LogP contribution in [-0.4, -0.2) is 424 Å². The third-order valence-electron chi connectivity index (χ3n) is 18.0. The lowest BCUT2D eigenvalue weighted by Gasteiger charge is -2.50. The maximum Gasteiger partial charge on any atom is 0.217 e. The molecule has 8 aliphatic heterocycles. The number of hydrogen-bond donors (Lipinski definition) is 24. The minimum Gasteiger partial charge on any atom is -0.394 e. The number of rotatable bonds is 25. The van der Waals surface area contributed by atoms with Crippen LogP contribution in [0.15, 0.2) is 0 Å². The molecule has 8 saturated heterocycles. The molecule has 8 aliphatic rings. The third-order valence-corrected chi connectivity index (χ3v) is 18.0. The van der Waals surface area contributed by atoms with Gasteiger partial charge in [-0.1, -0.05) is 0 Å². The number of aliphatic hydroxyl groups excluding tert-OH is 21. The largest absolute Gasteiger partial charge is 0.394 e. The number of hydrogen-bond acceptors (Lipinski definition) is 40. The summed E-state index contributed by atoms with van der Waals surface area (Å²) in [5.41, 5.74) is 0. The first-order chi connectivity index (χ1) is 46.3. The molecule has 0 bridgehead atoms. The molecule has 0 radical (unpaired) electrons. The molecule has 8 rings (SSSR count). The van der Waals surface area contributed by atoms with Crippen LogP contribution in [0.3, 0.4) is 0 Å². The molecule has 0 spiro atoms. The van der Waals surface area contributed by atoms with E-state index in [9.17, 15) is 122 Å². The Bertz CT molecular complexity index is 2510. The second-order valence-corrected chi connectivity index (χ2v) is 24.9. The van der Waals surface area contributed by atoms with E-state index in [1.807, 2.05) is 0 Å². The SMILES string of the molecule is CO[C@H]1[C@H](O)[C@@H](CO)O[C@H](OC[C@H]2O[C@@H](O[C@H]3[C@H](O)[C@@H](NC(C)=O)[C@H](O[C@H]4[C@H](O)[C@@H](NC(C)=O)[C@H](O)O[C@@H]4CO[C@@H]4O[C@@H](C)[C@@H](O)[C@@H](O)[C@@H]4O)O[C@@H]3CO)[C@@H](O)[C@@H](O[C@H]3O[C@H](CO)[C@@H](O)[C@H](O)[C@@H]3O)[C@@H]2O)[C@H]1O[C@@H]1O[C@H](CO)[C@@H](O[C@@H]2O[C@H](CO)[C@H](O)[C@H](O)[C@H]2O)[C@H](O)[C@H]1NC(C)=O. The van der Waals surface area contributed by atoms with Gasteiger partial charge in [-0.25, -0.2) is 0 Å². The van der Waals surface area contributed by atoms with E-state index in [-0.39, 0.29) is 0 Å². The molecule has 3 amide bonds. The van der Waals surface area contributed by atoms with Crippen molar-refractivity contribution < 1.29 is 197 Å². The third kappa shape index (κ3) is 17.7. The summed E-state index contributed by atoms with van der Waals surface area (Å²) < 4.78 is 94.1. The first-order valence-corrected chi connectivity index (χ1v) is 31.4. The molecule has 98 heavy (non-hydrogen) atoms. The van der Waals surface area contributed by atoms with E-state index in [0.29, 0.717) is 0 Å². The van der Waals surface area contributed by atoms with Crippen molar-refractivity contribution in [3.63, 3.8) is 0 Å². The average Bonchev–Trinajstić information content (AvgIpc) is 0.774. The van der Waals surface area contributed by atoms with Gasteiger partial charge in [0.1, 0.15) is 189 Å². The van der Waals surface area contributed by atoms with Crippen molar-refractivity contribution in [1.29, 1.82) is 0 Å². The van der Waals surface area contributed by atoms with Crippen molar-refractivity contribution in [2.45, 2.75) is 273 Å². The number of carbonyl (C=O) groups is 3. The zero-order valence-corrected chi connectivity index (χ0v) is 53.2. The van der Waals surface area contributed by atoms with Crippen LogP contribution in [0.25, 0.3) is 0 Å². The molecule has 8 heterocycles. The molecule has 0 unspecified atom stereocenters. The van der Waals surface area contributed by atoms with Crippen LogP contribution in [0.4, 0.5) is 0 Å². The van der Waals surface area contributed by atoms with Gasteiger partial charge in [0, 0.05) is 27.9 Å². The van der Waals surface area contributed by atoms with Crippen molar-refractivity contribution in [3.8, 4) is 0 Å².